The van der Waals surface area contributed by atoms with Gasteiger partial charge in [0.25, 0.3) is 0 Å². The molecule has 0 atom stereocenters. The van der Waals surface area contributed by atoms with E-state index in [1.54, 1.807) is 10.2 Å². The van der Waals surface area contributed by atoms with Gasteiger partial charge in [-0.05, 0) is 21.0 Å². The maximum Gasteiger partial charge on any atom is 0.0995 e. The first-order valence-electron chi connectivity index (χ1n) is 6.08. The lowest BCUT2D eigenvalue weighted by Crippen LogP contribution is -2.11. The molecule has 0 spiro atoms. The fraction of sp³-hybridized carbons (Fsp3) is 0.200. The van der Waals surface area contributed by atoms with E-state index >= 15 is 0 Å². The van der Waals surface area contributed by atoms with Crippen LogP contribution in [0.15, 0.2) is 48.5 Å². The van der Waals surface area contributed by atoms with Crippen LogP contribution in [0.4, 0.5) is 0 Å². The Morgan fingerprint density at radius 1 is 0.706 bits per heavy atom. The zero-order valence-corrected chi connectivity index (χ0v) is 12.5. The molecule has 0 unspecified atom stereocenters. The molecule has 2 aromatic carbocycles. The summed E-state index contributed by atoms with van der Waals surface area (Å²) in [7, 11) is -1.24. The number of benzene rings is 2. The Morgan fingerprint density at radius 2 is 1.12 bits per heavy atom. The Labute approximate surface area is 104 Å². The standard InChI is InChI=1S/C15H17PSi/c1-17(2,3)16-14-10-6-4-8-12(14)13-9-5-7-11-15(13)16/h4-11H,1-3H3. The summed E-state index contributed by atoms with van der Waals surface area (Å²) >= 11 is 0. The quantitative estimate of drug-likeness (QED) is 0.493. The van der Waals surface area contributed by atoms with E-state index in [-0.39, 0.29) is 7.08 Å². The van der Waals surface area contributed by atoms with Crippen molar-refractivity contribution in [3.05, 3.63) is 48.5 Å². The number of fused-ring (bicyclic) bond motifs is 3. The number of hydrogen-bond acceptors (Lipinski definition) is 0. The predicted molar refractivity (Wildman–Crippen MR) is 82.9 cm³/mol. The molecule has 0 fully saturated rings. The Morgan fingerprint density at radius 3 is 1.53 bits per heavy atom. The zero-order valence-electron chi connectivity index (χ0n) is 10.6. The third-order valence-electron chi connectivity index (χ3n) is 3.25. The van der Waals surface area contributed by atoms with Crippen LogP contribution in [0.1, 0.15) is 0 Å². The van der Waals surface area contributed by atoms with E-state index in [1.807, 2.05) is 0 Å². The van der Waals surface area contributed by atoms with Crippen LogP contribution in [-0.4, -0.2) is 7.74 Å². The molecule has 0 bridgehead atoms. The SMILES string of the molecule is C[Si](C)(C)p1c2ccccc2c2ccccc21. The van der Waals surface area contributed by atoms with Gasteiger partial charge in [-0.1, -0.05) is 68.2 Å². The highest BCUT2D eigenvalue weighted by molar-refractivity contribution is 7.95. The molecule has 2 heteroatoms. The van der Waals surface area contributed by atoms with E-state index in [2.05, 4.69) is 68.2 Å². The van der Waals surface area contributed by atoms with Crippen LogP contribution in [-0.2, 0) is 0 Å². The van der Waals surface area contributed by atoms with Crippen molar-refractivity contribution in [3.8, 4) is 0 Å². The van der Waals surface area contributed by atoms with Crippen LogP contribution in [0.3, 0.4) is 0 Å². The molecule has 0 radical (unpaired) electrons. The fourth-order valence-corrected chi connectivity index (χ4v) is 11.2. The molecule has 0 amide bonds. The van der Waals surface area contributed by atoms with Gasteiger partial charge in [-0.3, -0.25) is 0 Å². The highest BCUT2D eigenvalue weighted by Gasteiger charge is 2.23. The van der Waals surface area contributed by atoms with Crippen molar-refractivity contribution in [2.24, 2.45) is 0 Å². The molecule has 0 aliphatic heterocycles. The van der Waals surface area contributed by atoms with Gasteiger partial charge in [0.1, 0.15) is 0 Å². The van der Waals surface area contributed by atoms with Gasteiger partial charge in [0.2, 0.25) is 0 Å². The average Bonchev–Trinajstić information content (AvgIpc) is 2.63. The summed E-state index contributed by atoms with van der Waals surface area (Å²) in [6, 6.07) is 18.0. The molecular weight excluding hydrogens is 239 g/mol. The van der Waals surface area contributed by atoms with Crippen molar-refractivity contribution < 1.29 is 0 Å². The van der Waals surface area contributed by atoms with Crippen molar-refractivity contribution in [2.45, 2.75) is 19.6 Å². The van der Waals surface area contributed by atoms with Gasteiger partial charge >= 0.3 is 0 Å². The van der Waals surface area contributed by atoms with Crippen molar-refractivity contribution >= 4 is 35.8 Å². The molecular formula is C15H17PSi. The van der Waals surface area contributed by atoms with Crippen LogP contribution in [0.25, 0.3) is 21.0 Å². The van der Waals surface area contributed by atoms with Crippen LogP contribution < -0.4 is 0 Å². The molecule has 0 N–H and O–H groups in total. The summed E-state index contributed by atoms with van der Waals surface area (Å²) in [4.78, 5) is 0. The first-order valence-corrected chi connectivity index (χ1v) is 11.8. The van der Waals surface area contributed by atoms with Gasteiger partial charge in [0.15, 0.2) is 0 Å². The molecule has 0 aliphatic rings. The molecule has 3 rings (SSSR count). The minimum Gasteiger partial charge on any atom is -0.126 e. The Kier molecular flexibility index (Phi) is 2.43. The summed E-state index contributed by atoms with van der Waals surface area (Å²) < 4.78 is 0. The van der Waals surface area contributed by atoms with E-state index in [9.17, 15) is 0 Å². The molecule has 1 aromatic heterocycles. The monoisotopic (exact) mass is 256 g/mol. The lowest BCUT2D eigenvalue weighted by molar-refractivity contribution is 1.84. The van der Waals surface area contributed by atoms with Gasteiger partial charge in [0, 0.05) is 0 Å². The molecule has 0 saturated heterocycles. The van der Waals surface area contributed by atoms with Crippen LogP contribution in [0.2, 0.25) is 19.6 Å². The molecule has 3 aromatic rings. The van der Waals surface area contributed by atoms with E-state index in [1.165, 1.54) is 10.8 Å². The molecule has 0 aliphatic carbocycles. The van der Waals surface area contributed by atoms with Crippen LogP contribution in [0.5, 0.6) is 0 Å². The van der Waals surface area contributed by atoms with Gasteiger partial charge < -0.3 is 0 Å². The summed E-state index contributed by atoms with van der Waals surface area (Å²) in [5.41, 5.74) is 0. The fourth-order valence-electron chi connectivity index (χ4n) is 2.65. The van der Waals surface area contributed by atoms with Crippen LogP contribution >= 0.6 is 7.08 Å². The second-order valence-electron chi connectivity index (χ2n) is 5.54. The normalized spacial score (nSPS) is 12.4. The number of hydrogen-bond donors (Lipinski definition) is 0. The van der Waals surface area contributed by atoms with Gasteiger partial charge in [-0.15, -0.1) is 7.08 Å². The van der Waals surface area contributed by atoms with Gasteiger partial charge in [0.05, 0.1) is 7.74 Å². The summed E-state index contributed by atoms with van der Waals surface area (Å²) in [6.45, 7) is 7.49. The van der Waals surface area contributed by atoms with E-state index in [4.69, 9.17) is 0 Å². The average molecular weight is 256 g/mol. The summed E-state index contributed by atoms with van der Waals surface area (Å²) in [6.07, 6.45) is 0. The maximum atomic E-state index is 2.50. The van der Waals surface area contributed by atoms with E-state index in [0.717, 1.165) is 0 Å². The molecule has 0 nitrogen and oxygen atoms in total. The number of rotatable bonds is 1. The maximum absolute atomic E-state index is 2.50. The van der Waals surface area contributed by atoms with Gasteiger partial charge in [-0.2, -0.15) is 0 Å². The molecule has 86 valence electrons. The zero-order chi connectivity index (χ0) is 12.0. The third kappa shape index (κ3) is 1.65. The highest BCUT2D eigenvalue weighted by Crippen LogP contribution is 2.54. The predicted octanol–water partition coefficient (Wildman–Crippen LogP) is 5.66. The highest BCUT2D eigenvalue weighted by atomic mass is 31.4. The van der Waals surface area contributed by atoms with E-state index in [0.29, 0.717) is 0 Å². The second kappa shape index (κ2) is 3.73. The Bertz CT molecular complexity index is 636. The van der Waals surface area contributed by atoms with E-state index < -0.39 is 7.74 Å². The van der Waals surface area contributed by atoms with Crippen molar-refractivity contribution in [3.63, 3.8) is 0 Å². The minimum atomic E-state index is -1.16. The third-order valence-corrected chi connectivity index (χ3v) is 11.8. The first kappa shape index (κ1) is 11.1. The lowest BCUT2D eigenvalue weighted by Gasteiger charge is -2.17. The minimum absolute atomic E-state index is 0.0790. The Balaban J connectivity index is 2.60. The van der Waals surface area contributed by atoms with Gasteiger partial charge in [-0.25, -0.2) is 0 Å². The largest absolute Gasteiger partial charge is 0.126 e. The topological polar surface area (TPSA) is 0 Å². The Hall–Kier alpha value is -1.04. The van der Waals surface area contributed by atoms with Crippen molar-refractivity contribution in [1.29, 1.82) is 0 Å². The molecule has 0 saturated carbocycles. The second-order valence-corrected chi connectivity index (χ2v) is 16.9. The molecule has 1 heterocycles. The van der Waals surface area contributed by atoms with Crippen LogP contribution in [0, 0.1) is 0 Å². The lowest BCUT2D eigenvalue weighted by atomic mass is 10.2. The van der Waals surface area contributed by atoms with Crippen molar-refractivity contribution in [2.75, 3.05) is 0 Å². The molecule has 17 heavy (non-hydrogen) atoms. The first-order chi connectivity index (χ1) is 8.09. The van der Waals surface area contributed by atoms with Crippen molar-refractivity contribution in [1.82, 2.24) is 0 Å². The smallest absolute Gasteiger partial charge is 0.0995 e. The summed E-state index contributed by atoms with van der Waals surface area (Å²) in [5, 5.41) is 6.19. The summed E-state index contributed by atoms with van der Waals surface area (Å²) in [5.74, 6) is 0.